The molecule has 0 saturated carbocycles. The quantitative estimate of drug-likeness (QED) is 0.436. The average Bonchev–Trinajstić information content (AvgIpc) is 2.66. The topological polar surface area (TPSA) is 89.5 Å². The fourth-order valence-corrected chi connectivity index (χ4v) is 4.67. The zero-order chi connectivity index (χ0) is 19.8. The highest BCUT2D eigenvalue weighted by atomic mass is 32.2. The first-order valence-corrected chi connectivity index (χ1v) is 12.7. The summed E-state index contributed by atoms with van der Waals surface area (Å²) in [7, 11) is -6.68. The van der Waals surface area contributed by atoms with E-state index in [4.69, 9.17) is 4.74 Å². The second kappa shape index (κ2) is 10.1. The third-order valence-electron chi connectivity index (χ3n) is 3.64. The standard InChI is InChI=1S/C18H23NO5S3/c1-2-26(20,21)15-13-24-16-8-10-18(11-9-16)27(22,23)19-12-14-25-17-6-4-3-5-7-17/h3-11,19H,2,12-15H2,1H3. The molecule has 0 bridgehead atoms. The van der Waals surface area contributed by atoms with E-state index in [9.17, 15) is 16.8 Å². The van der Waals surface area contributed by atoms with Crippen LogP contribution in [0.5, 0.6) is 5.75 Å². The maximum Gasteiger partial charge on any atom is 0.240 e. The molecule has 0 aromatic heterocycles. The van der Waals surface area contributed by atoms with Gasteiger partial charge in [-0.3, -0.25) is 0 Å². The molecular formula is C18H23NO5S3. The van der Waals surface area contributed by atoms with Crippen LogP contribution in [0.2, 0.25) is 0 Å². The molecule has 0 amide bonds. The summed E-state index contributed by atoms with van der Waals surface area (Å²) in [5, 5.41) is 0. The summed E-state index contributed by atoms with van der Waals surface area (Å²) in [6.07, 6.45) is 0. The number of ether oxygens (including phenoxy) is 1. The maximum atomic E-state index is 12.3. The van der Waals surface area contributed by atoms with Gasteiger partial charge in [0.25, 0.3) is 0 Å². The van der Waals surface area contributed by atoms with E-state index in [2.05, 4.69) is 4.72 Å². The zero-order valence-corrected chi connectivity index (χ0v) is 17.4. The Morgan fingerprint density at radius 1 is 0.963 bits per heavy atom. The lowest BCUT2D eigenvalue weighted by Crippen LogP contribution is -2.26. The number of sulfone groups is 1. The van der Waals surface area contributed by atoms with Gasteiger partial charge in [0.2, 0.25) is 10.0 Å². The lowest BCUT2D eigenvalue weighted by molar-refractivity contribution is 0.340. The molecule has 2 aromatic carbocycles. The van der Waals surface area contributed by atoms with Gasteiger partial charge in [-0.25, -0.2) is 21.6 Å². The first-order valence-electron chi connectivity index (χ1n) is 8.43. The van der Waals surface area contributed by atoms with Crippen LogP contribution in [-0.4, -0.2) is 47.2 Å². The predicted molar refractivity (Wildman–Crippen MR) is 109 cm³/mol. The number of hydrogen-bond acceptors (Lipinski definition) is 6. The molecule has 0 atom stereocenters. The minimum atomic E-state index is -3.59. The van der Waals surface area contributed by atoms with Crippen LogP contribution in [0.4, 0.5) is 0 Å². The molecule has 0 aliphatic heterocycles. The number of nitrogens with one attached hydrogen (secondary N) is 1. The van der Waals surface area contributed by atoms with Gasteiger partial charge in [0.1, 0.15) is 12.4 Å². The van der Waals surface area contributed by atoms with Crippen LogP contribution in [0.3, 0.4) is 0 Å². The predicted octanol–water partition coefficient (Wildman–Crippen LogP) is 2.57. The van der Waals surface area contributed by atoms with Crippen molar-refractivity contribution >= 4 is 31.6 Å². The maximum absolute atomic E-state index is 12.3. The van der Waals surface area contributed by atoms with Crippen molar-refractivity contribution in [2.75, 3.05) is 30.4 Å². The summed E-state index contributed by atoms with van der Waals surface area (Å²) >= 11 is 1.58. The van der Waals surface area contributed by atoms with E-state index in [-0.39, 0.29) is 23.0 Å². The van der Waals surface area contributed by atoms with Crippen molar-refractivity contribution in [2.24, 2.45) is 0 Å². The molecule has 0 radical (unpaired) electrons. The first-order chi connectivity index (χ1) is 12.8. The monoisotopic (exact) mass is 429 g/mol. The summed E-state index contributed by atoms with van der Waals surface area (Å²) in [6, 6.07) is 15.7. The Kier molecular flexibility index (Phi) is 8.15. The van der Waals surface area contributed by atoms with Crippen LogP contribution in [0.25, 0.3) is 0 Å². The average molecular weight is 430 g/mol. The van der Waals surface area contributed by atoms with Crippen LogP contribution in [-0.2, 0) is 19.9 Å². The Morgan fingerprint density at radius 3 is 2.26 bits per heavy atom. The molecular weight excluding hydrogens is 406 g/mol. The Morgan fingerprint density at radius 2 is 1.63 bits per heavy atom. The number of benzene rings is 2. The van der Waals surface area contributed by atoms with Crippen molar-refractivity contribution in [2.45, 2.75) is 16.7 Å². The van der Waals surface area contributed by atoms with Gasteiger partial charge in [0.15, 0.2) is 9.84 Å². The van der Waals surface area contributed by atoms with E-state index in [1.54, 1.807) is 18.7 Å². The number of thioether (sulfide) groups is 1. The summed E-state index contributed by atoms with van der Waals surface area (Å²) in [5.41, 5.74) is 0. The van der Waals surface area contributed by atoms with Gasteiger partial charge in [-0.2, -0.15) is 0 Å². The van der Waals surface area contributed by atoms with Crippen LogP contribution < -0.4 is 9.46 Å². The van der Waals surface area contributed by atoms with Gasteiger partial charge in [0, 0.05) is 22.9 Å². The molecule has 0 aliphatic rings. The summed E-state index contributed by atoms with van der Waals surface area (Å²) in [4.78, 5) is 1.23. The number of hydrogen-bond donors (Lipinski definition) is 1. The lowest BCUT2D eigenvalue weighted by Gasteiger charge is -2.09. The highest BCUT2D eigenvalue weighted by Gasteiger charge is 2.13. The van der Waals surface area contributed by atoms with E-state index in [1.807, 2.05) is 30.3 Å². The highest BCUT2D eigenvalue weighted by molar-refractivity contribution is 7.99. The molecule has 0 fully saturated rings. The molecule has 148 valence electrons. The largest absolute Gasteiger partial charge is 0.493 e. The normalized spacial score (nSPS) is 12.0. The molecule has 27 heavy (non-hydrogen) atoms. The van der Waals surface area contributed by atoms with E-state index < -0.39 is 19.9 Å². The van der Waals surface area contributed by atoms with Gasteiger partial charge < -0.3 is 4.74 Å². The summed E-state index contributed by atoms with van der Waals surface area (Å²) in [6.45, 7) is 1.94. The van der Waals surface area contributed by atoms with Crippen molar-refractivity contribution in [3.8, 4) is 5.75 Å². The molecule has 0 aliphatic carbocycles. The zero-order valence-electron chi connectivity index (χ0n) is 15.0. The molecule has 1 N–H and O–H groups in total. The molecule has 2 aromatic rings. The SMILES string of the molecule is CCS(=O)(=O)CCOc1ccc(S(=O)(=O)NCCSc2ccccc2)cc1. The van der Waals surface area contributed by atoms with Crippen molar-refractivity contribution in [3.63, 3.8) is 0 Å². The third-order valence-corrected chi connectivity index (χ3v) is 7.80. The van der Waals surface area contributed by atoms with Crippen LogP contribution in [0.15, 0.2) is 64.4 Å². The lowest BCUT2D eigenvalue weighted by atomic mass is 10.3. The molecule has 0 heterocycles. The van der Waals surface area contributed by atoms with Gasteiger partial charge >= 0.3 is 0 Å². The van der Waals surface area contributed by atoms with Crippen LogP contribution in [0, 0.1) is 0 Å². The van der Waals surface area contributed by atoms with Gasteiger partial charge in [-0.05, 0) is 36.4 Å². The van der Waals surface area contributed by atoms with Gasteiger partial charge in [-0.1, -0.05) is 25.1 Å². The Labute approximate surface area is 165 Å². The van der Waals surface area contributed by atoms with Gasteiger partial charge in [-0.15, -0.1) is 11.8 Å². The smallest absolute Gasteiger partial charge is 0.240 e. The second-order valence-corrected chi connectivity index (χ2v) is 11.0. The molecule has 0 saturated heterocycles. The van der Waals surface area contributed by atoms with E-state index in [0.29, 0.717) is 18.0 Å². The van der Waals surface area contributed by atoms with Crippen molar-refractivity contribution in [1.82, 2.24) is 4.72 Å². The molecule has 0 unspecified atom stereocenters. The van der Waals surface area contributed by atoms with Crippen molar-refractivity contribution in [1.29, 1.82) is 0 Å². The fraction of sp³-hybridized carbons (Fsp3) is 0.333. The number of sulfonamides is 1. The van der Waals surface area contributed by atoms with Crippen LogP contribution >= 0.6 is 11.8 Å². The Bertz CT molecular complexity index is 911. The Hall–Kier alpha value is -1.55. The summed E-state index contributed by atoms with van der Waals surface area (Å²) < 4.78 is 55.4. The molecule has 9 heteroatoms. The first kappa shape index (κ1) is 21.7. The van der Waals surface area contributed by atoms with Crippen molar-refractivity contribution < 1.29 is 21.6 Å². The minimum absolute atomic E-state index is 0.0389. The van der Waals surface area contributed by atoms with Gasteiger partial charge in [0.05, 0.1) is 10.6 Å². The minimum Gasteiger partial charge on any atom is -0.493 e. The summed E-state index contributed by atoms with van der Waals surface area (Å²) in [5.74, 6) is 1.06. The van der Waals surface area contributed by atoms with E-state index >= 15 is 0 Å². The third kappa shape index (κ3) is 7.53. The second-order valence-electron chi connectivity index (χ2n) is 5.62. The van der Waals surface area contributed by atoms with Crippen molar-refractivity contribution in [3.05, 3.63) is 54.6 Å². The molecule has 2 rings (SSSR count). The Balaban J connectivity index is 1.81. The van der Waals surface area contributed by atoms with E-state index in [1.165, 1.54) is 24.3 Å². The van der Waals surface area contributed by atoms with Crippen LogP contribution in [0.1, 0.15) is 6.92 Å². The fourth-order valence-electron chi connectivity index (χ4n) is 2.09. The number of rotatable bonds is 11. The highest BCUT2D eigenvalue weighted by Crippen LogP contribution is 2.18. The van der Waals surface area contributed by atoms with E-state index in [0.717, 1.165) is 4.90 Å². The molecule has 0 spiro atoms. The molecule has 6 nitrogen and oxygen atoms in total.